The maximum absolute atomic E-state index is 11.6. The van der Waals surface area contributed by atoms with Crippen molar-refractivity contribution in [2.45, 2.75) is 12.3 Å². The molecular formula is C14H11N7O2. The number of anilines is 1. The highest BCUT2D eigenvalue weighted by atomic mass is 16.2. The normalized spacial score (nSPS) is 17.7. The summed E-state index contributed by atoms with van der Waals surface area (Å²) in [6, 6.07) is 9.01. The Bertz CT molecular complexity index is 803. The minimum Gasteiger partial charge on any atom is -0.360 e. The number of hydrogen-bond acceptors (Lipinski definition) is 7. The van der Waals surface area contributed by atoms with E-state index in [1.165, 1.54) is 6.20 Å². The molecule has 1 aromatic heterocycles. The second kappa shape index (κ2) is 6.07. The molecule has 1 unspecified atom stereocenters. The molecule has 1 saturated heterocycles. The number of rotatable bonds is 4. The molecule has 1 aliphatic heterocycles. The summed E-state index contributed by atoms with van der Waals surface area (Å²) >= 11 is 0. The Labute approximate surface area is 130 Å². The van der Waals surface area contributed by atoms with Gasteiger partial charge in [0.1, 0.15) is 11.6 Å². The number of imide groups is 1. The zero-order chi connectivity index (χ0) is 16.2. The van der Waals surface area contributed by atoms with Crippen LogP contribution in [-0.4, -0.2) is 32.4 Å². The van der Waals surface area contributed by atoms with Gasteiger partial charge in [-0.05, 0) is 22.9 Å². The summed E-state index contributed by atoms with van der Waals surface area (Å²) in [6.07, 6.45) is 1.63. The van der Waals surface area contributed by atoms with Crippen LogP contribution in [0, 0.1) is 11.3 Å². The number of amides is 2. The summed E-state index contributed by atoms with van der Waals surface area (Å²) in [5, 5.41) is 27.4. The van der Waals surface area contributed by atoms with Gasteiger partial charge >= 0.3 is 0 Å². The monoisotopic (exact) mass is 309 g/mol. The largest absolute Gasteiger partial charge is 0.360 e. The fourth-order valence-electron chi connectivity index (χ4n) is 2.21. The molecule has 0 aliphatic carbocycles. The van der Waals surface area contributed by atoms with Crippen molar-refractivity contribution in [3.63, 3.8) is 0 Å². The number of hydrogen-bond donors (Lipinski definition) is 3. The summed E-state index contributed by atoms with van der Waals surface area (Å²) < 4.78 is 0. The smallest absolute Gasteiger partial charge is 0.234 e. The van der Waals surface area contributed by atoms with E-state index in [-0.39, 0.29) is 29.6 Å². The van der Waals surface area contributed by atoms with Gasteiger partial charge in [0.25, 0.3) is 0 Å². The van der Waals surface area contributed by atoms with Crippen LogP contribution in [0.2, 0.25) is 0 Å². The molecule has 2 aromatic rings. The Morgan fingerprint density at radius 2 is 2.13 bits per heavy atom. The quantitative estimate of drug-likeness (QED) is 0.546. The average molecular weight is 309 g/mol. The van der Waals surface area contributed by atoms with Crippen LogP contribution in [0.1, 0.15) is 23.7 Å². The van der Waals surface area contributed by atoms with Crippen LogP contribution >= 0.6 is 0 Å². The molecule has 1 aromatic carbocycles. The lowest BCUT2D eigenvalue weighted by Gasteiger charge is -2.07. The standard InChI is InChI=1S/C14H11N7O2/c15-6-9(13-18-20-21-19-13)7-16-10-3-1-8(2-4-10)11-5-12(22)17-14(11)23/h1-4,7,11,16H,5H2,(H,17,22,23)(H,18,19,20,21). The summed E-state index contributed by atoms with van der Waals surface area (Å²) in [5.74, 6) is -0.790. The van der Waals surface area contributed by atoms with Gasteiger partial charge in [0.15, 0.2) is 0 Å². The SMILES string of the molecule is N#CC(=CNc1ccc(C2CC(=O)NC2=O)cc1)c1nn[nH]n1. The lowest BCUT2D eigenvalue weighted by Crippen LogP contribution is -2.21. The molecule has 0 spiro atoms. The highest BCUT2D eigenvalue weighted by Gasteiger charge is 2.31. The van der Waals surface area contributed by atoms with Gasteiger partial charge < -0.3 is 5.32 Å². The van der Waals surface area contributed by atoms with Gasteiger partial charge in [-0.1, -0.05) is 12.1 Å². The molecule has 3 rings (SSSR count). The number of nitriles is 1. The highest BCUT2D eigenvalue weighted by molar-refractivity contribution is 6.06. The Morgan fingerprint density at radius 3 is 2.70 bits per heavy atom. The second-order valence-corrected chi connectivity index (χ2v) is 4.84. The Kier molecular flexibility index (Phi) is 3.80. The molecule has 9 heteroatoms. The van der Waals surface area contributed by atoms with E-state index in [2.05, 4.69) is 31.3 Å². The van der Waals surface area contributed by atoms with Crippen LogP contribution in [0.25, 0.3) is 5.57 Å². The Morgan fingerprint density at radius 1 is 1.35 bits per heavy atom. The van der Waals surface area contributed by atoms with Crippen molar-refractivity contribution < 1.29 is 9.59 Å². The third kappa shape index (κ3) is 3.06. The lowest BCUT2D eigenvalue weighted by atomic mass is 9.97. The number of H-pyrrole nitrogens is 1. The molecule has 3 N–H and O–H groups in total. The van der Waals surface area contributed by atoms with E-state index in [0.717, 1.165) is 11.3 Å². The highest BCUT2D eigenvalue weighted by Crippen LogP contribution is 2.25. The number of carbonyl (C=O) groups is 2. The van der Waals surface area contributed by atoms with E-state index in [1.54, 1.807) is 24.3 Å². The third-order valence-electron chi connectivity index (χ3n) is 3.37. The summed E-state index contributed by atoms with van der Waals surface area (Å²) in [6.45, 7) is 0. The zero-order valence-electron chi connectivity index (χ0n) is 11.8. The fourth-order valence-corrected chi connectivity index (χ4v) is 2.21. The van der Waals surface area contributed by atoms with Gasteiger partial charge in [0.05, 0.1) is 5.92 Å². The molecule has 23 heavy (non-hydrogen) atoms. The summed E-state index contributed by atoms with van der Waals surface area (Å²) in [5.41, 5.74) is 1.71. The summed E-state index contributed by atoms with van der Waals surface area (Å²) in [7, 11) is 0. The zero-order valence-corrected chi connectivity index (χ0v) is 11.8. The van der Waals surface area contributed by atoms with E-state index >= 15 is 0 Å². The average Bonchev–Trinajstić information content (AvgIpc) is 3.19. The van der Waals surface area contributed by atoms with Crippen LogP contribution in [0.5, 0.6) is 0 Å². The minimum absolute atomic E-state index is 0.169. The molecule has 2 amide bonds. The van der Waals surface area contributed by atoms with E-state index in [0.29, 0.717) is 0 Å². The number of aromatic amines is 1. The second-order valence-electron chi connectivity index (χ2n) is 4.84. The van der Waals surface area contributed by atoms with Gasteiger partial charge in [-0.15, -0.1) is 10.2 Å². The molecule has 0 bridgehead atoms. The molecule has 114 valence electrons. The number of allylic oxidation sites excluding steroid dienone is 1. The van der Waals surface area contributed by atoms with Crippen molar-refractivity contribution in [2.24, 2.45) is 0 Å². The predicted octanol–water partition coefficient (Wildman–Crippen LogP) is 0.306. The van der Waals surface area contributed by atoms with Crippen molar-refractivity contribution in [3.05, 3.63) is 41.9 Å². The minimum atomic E-state index is -0.443. The van der Waals surface area contributed by atoms with E-state index in [4.69, 9.17) is 5.26 Å². The van der Waals surface area contributed by atoms with Crippen molar-refractivity contribution >= 4 is 23.1 Å². The van der Waals surface area contributed by atoms with Gasteiger partial charge in [-0.2, -0.15) is 10.5 Å². The molecule has 9 nitrogen and oxygen atoms in total. The van der Waals surface area contributed by atoms with Crippen molar-refractivity contribution in [1.29, 1.82) is 5.26 Å². The number of benzene rings is 1. The first-order valence-electron chi connectivity index (χ1n) is 6.71. The van der Waals surface area contributed by atoms with Crippen LogP contribution in [0.3, 0.4) is 0 Å². The van der Waals surface area contributed by atoms with Crippen LogP contribution in [-0.2, 0) is 9.59 Å². The number of nitrogens with one attached hydrogen (secondary N) is 3. The van der Waals surface area contributed by atoms with Gasteiger partial charge in [-0.3, -0.25) is 14.9 Å². The van der Waals surface area contributed by atoms with Crippen molar-refractivity contribution in [1.82, 2.24) is 25.9 Å². The Balaban J connectivity index is 1.72. The number of nitrogens with zero attached hydrogens (tertiary/aromatic N) is 4. The third-order valence-corrected chi connectivity index (χ3v) is 3.37. The Hall–Kier alpha value is -3.54. The van der Waals surface area contributed by atoms with Gasteiger partial charge in [0.2, 0.25) is 17.6 Å². The predicted molar refractivity (Wildman–Crippen MR) is 78.3 cm³/mol. The lowest BCUT2D eigenvalue weighted by molar-refractivity contribution is -0.125. The van der Waals surface area contributed by atoms with Crippen LogP contribution in [0.4, 0.5) is 5.69 Å². The van der Waals surface area contributed by atoms with E-state index in [9.17, 15) is 9.59 Å². The van der Waals surface area contributed by atoms with Crippen molar-refractivity contribution in [2.75, 3.05) is 5.32 Å². The molecule has 1 fully saturated rings. The summed E-state index contributed by atoms with van der Waals surface area (Å²) in [4.78, 5) is 22.9. The van der Waals surface area contributed by atoms with Crippen LogP contribution in [0.15, 0.2) is 30.5 Å². The maximum atomic E-state index is 11.6. The first kappa shape index (κ1) is 14.4. The molecular weight excluding hydrogens is 298 g/mol. The molecule has 2 heterocycles. The van der Waals surface area contributed by atoms with Crippen molar-refractivity contribution in [3.8, 4) is 6.07 Å². The first-order chi connectivity index (χ1) is 11.2. The van der Waals surface area contributed by atoms with Gasteiger partial charge in [0, 0.05) is 18.3 Å². The molecule has 1 atom stereocenters. The topological polar surface area (TPSA) is 136 Å². The van der Waals surface area contributed by atoms with Gasteiger partial charge in [-0.25, -0.2) is 0 Å². The molecule has 0 saturated carbocycles. The first-order valence-corrected chi connectivity index (χ1v) is 6.71. The molecule has 0 radical (unpaired) electrons. The maximum Gasteiger partial charge on any atom is 0.234 e. The van der Waals surface area contributed by atoms with E-state index < -0.39 is 5.92 Å². The number of aromatic nitrogens is 4. The number of carbonyl (C=O) groups excluding carboxylic acids is 2. The van der Waals surface area contributed by atoms with E-state index in [1.807, 2.05) is 6.07 Å². The van der Waals surface area contributed by atoms with Crippen LogP contribution < -0.4 is 10.6 Å². The molecule has 1 aliphatic rings. The number of tetrazole rings is 1. The fraction of sp³-hybridized carbons (Fsp3) is 0.143.